The molecule has 0 spiro atoms. The summed E-state index contributed by atoms with van der Waals surface area (Å²) in [6.07, 6.45) is 0. The van der Waals surface area contributed by atoms with Gasteiger partial charge in [-0.1, -0.05) is 53.2 Å². The molecule has 0 unspecified atom stereocenters. The Morgan fingerprint density at radius 3 is 2.76 bits per heavy atom. The first-order valence-corrected chi connectivity index (χ1v) is 9.54. The first-order chi connectivity index (χ1) is 12.0. The zero-order valence-corrected chi connectivity index (χ0v) is 16.4. The minimum Gasteiger partial charge on any atom is -0.325 e. The number of aromatic nitrogens is 3. The quantitative estimate of drug-likeness (QED) is 0.555. The second-order valence-electron chi connectivity index (χ2n) is 5.30. The van der Waals surface area contributed by atoms with E-state index in [0.717, 1.165) is 10.0 Å². The SMILES string of the molecule is Cc1ccc(-c2nc(SCC(=O)Nc3ccc(Br)c(Cl)c3)n[nH]2)cc1. The first-order valence-electron chi connectivity index (χ1n) is 7.38. The number of anilines is 1. The molecule has 0 aliphatic heterocycles. The number of halogens is 2. The van der Waals surface area contributed by atoms with Crippen molar-refractivity contribution in [2.45, 2.75) is 12.1 Å². The van der Waals surface area contributed by atoms with Gasteiger partial charge in [-0.2, -0.15) is 0 Å². The number of carbonyl (C=O) groups is 1. The third kappa shape index (κ3) is 4.84. The highest BCUT2D eigenvalue weighted by atomic mass is 79.9. The lowest BCUT2D eigenvalue weighted by molar-refractivity contribution is -0.113. The van der Waals surface area contributed by atoms with E-state index in [2.05, 4.69) is 36.4 Å². The van der Waals surface area contributed by atoms with Gasteiger partial charge in [0, 0.05) is 15.7 Å². The Balaban J connectivity index is 1.57. The van der Waals surface area contributed by atoms with Crippen molar-refractivity contribution >= 4 is 50.9 Å². The number of nitrogens with one attached hydrogen (secondary N) is 2. The molecule has 3 aromatic rings. The Morgan fingerprint density at radius 1 is 1.28 bits per heavy atom. The van der Waals surface area contributed by atoms with E-state index in [1.54, 1.807) is 18.2 Å². The molecule has 2 N–H and O–H groups in total. The summed E-state index contributed by atoms with van der Waals surface area (Å²) in [4.78, 5) is 16.4. The Labute approximate surface area is 162 Å². The fraction of sp³-hybridized carbons (Fsp3) is 0.118. The van der Waals surface area contributed by atoms with Crippen LogP contribution in [0, 0.1) is 6.92 Å². The first kappa shape index (κ1) is 18.0. The molecule has 0 saturated carbocycles. The Kier molecular flexibility index (Phi) is 5.78. The van der Waals surface area contributed by atoms with Gasteiger partial charge in [-0.05, 0) is 41.1 Å². The molecule has 2 aromatic carbocycles. The maximum absolute atomic E-state index is 12.0. The Morgan fingerprint density at radius 2 is 2.04 bits per heavy atom. The summed E-state index contributed by atoms with van der Waals surface area (Å²) in [5.74, 6) is 0.742. The van der Waals surface area contributed by atoms with Crippen LogP contribution in [0.3, 0.4) is 0 Å². The smallest absolute Gasteiger partial charge is 0.234 e. The molecule has 0 aliphatic rings. The molecular formula is C17H14BrClN4OS. The molecule has 1 aromatic heterocycles. The second kappa shape index (κ2) is 8.03. The Hall–Kier alpha value is -1.83. The van der Waals surface area contributed by atoms with Crippen molar-refractivity contribution in [1.29, 1.82) is 0 Å². The van der Waals surface area contributed by atoms with E-state index in [-0.39, 0.29) is 11.7 Å². The van der Waals surface area contributed by atoms with E-state index < -0.39 is 0 Å². The summed E-state index contributed by atoms with van der Waals surface area (Å²) < 4.78 is 0.783. The van der Waals surface area contributed by atoms with E-state index >= 15 is 0 Å². The van der Waals surface area contributed by atoms with Crippen molar-refractivity contribution in [3.05, 3.63) is 57.5 Å². The molecular weight excluding hydrogens is 424 g/mol. The van der Waals surface area contributed by atoms with Crippen molar-refractivity contribution < 1.29 is 4.79 Å². The van der Waals surface area contributed by atoms with Crippen molar-refractivity contribution in [2.75, 3.05) is 11.1 Å². The summed E-state index contributed by atoms with van der Waals surface area (Å²) in [7, 11) is 0. The van der Waals surface area contributed by atoms with Crippen LogP contribution in [-0.4, -0.2) is 26.8 Å². The number of benzene rings is 2. The van der Waals surface area contributed by atoms with E-state index in [9.17, 15) is 4.79 Å². The van der Waals surface area contributed by atoms with Crippen LogP contribution in [0.5, 0.6) is 0 Å². The minimum atomic E-state index is -0.148. The second-order valence-corrected chi connectivity index (χ2v) is 7.50. The lowest BCUT2D eigenvalue weighted by Gasteiger charge is -2.05. The number of rotatable bonds is 5. The third-order valence-corrected chi connectivity index (χ3v) is 5.41. The van der Waals surface area contributed by atoms with Crippen molar-refractivity contribution in [3.63, 3.8) is 0 Å². The summed E-state index contributed by atoms with van der Waals surface area (Å²) in [6, 6.07) is 13.2. The highest BCUT2D eigenvalue weighted by molar-refractivity contribution is 9.10. The zero-order valence-electron chi connectivity index (χ0n) is 13.2. The van der Waals surface area contributed by atoms with E-state index in [1.807, 2.05) is 31.2 Å². The minimum absolute atomic E-state index is 0.148. The summed E-state index contributed by atoms with van der Waals surface area (Å²) in [5, 5.41) is 10.9. The Bertz CT molecular complexity index is 898. The van der Waals surface area contributed by atoms with Gasteiger partial charge in [0.05, 0.1) is 10.8 Å². The molecule has 8 heteroatoms. The summed E-state index contributed by atoms with van der Waals surface area (Å²) in [5.41, 5.74) is 2.79. The number of amides is 1. The van der Waals surface area contributed by atoms with Crippen LogP contribution in [0.4, 0.5) is 5.69 Å². The number of aromatic amines is 1. The van der Waals surface area contributed by atoms with Crippen molar-refractivity contribution in [3.8, 4) is 11.4 Å². The maximum Gasteiger partial charge on any atom is 0.234 e. The van der Waals surface area contributed by atoms with Gasteiger partial charge in [0.1, 0.15) is 0 Å². The van der Waals surface area contributed by atoms with Gasteiger partial charge in [0.25, 0.3) is 0 Å². The lowest BCUT2D eigenvalue weighted by Crippen LogP contribution is -2.14. The third-order valence-electron chi connectivity index (χ3n) is 3.33. The van der Waals surface area contributed by atoms with Crippen LogP contribution in [0.1, 0.15) is 5.56 Å². The van der Waals surface area contributed by atoms with E-state index in [4.69, 9.17) is 11.6 Å². The van der Waals surface area contributed by atoms with Gasteiger partial charge in [-0.15, -0.1) is 5.10 Å². The number of H-pyrrole nitrogens is 1. The van der Waals surface area contributed by atoms with Crippen molar-refractivity contribution in [2.24, 2.45) is 0 Å². The summed E-state index contributed by atoms with van der Waals surface area (Å²) >= 11 is 10.6. The average Bonchev–Trinajstić information content (AvgIpc) is 3.06. The molecule has 25 heavy (non-hydrogen) atoms. The van der Waals surface area contributed by atoms with Crippen LogP contribution in [-0.2, 0) is 4.79 Å². The van der Waals surface area contributed by atoms with Crippen LogP contribution in [0.2, 0.25) is 5.02 Å². The molecule has 1 heterocycles. The molecule has 5 nitrogen and oxygen atoms in total. The molecule has 0 aliphatic carbocycles. The molecule has 0 atom stereocenters. The average molecular weight is 438 g/mol. The maximum atomic E-state index is 12.0. The van der Waals surface area contributed by atoms with E-state index in [1.165, 1.54) is 17.3 Å². The monoisotopic (exact) mass is 436 g/mol. The van der Waals surface area contributed by atoms with Crippen LogP contribution < -0.4 is 5.32 Å². The fourth-order valence-corrected chi connectivity index (χ4v) is 3.08. The van der Waals surface area contributed by atoms with Gasteiger partial charge in [0.2, 0.25) is 11.1 Å². The van der Waals surface area contributed by atoms with Crippen LogP contribution in [0.25, 0.3) is 11.4 Å². The fourth-order valence-electron chi connectivity index (χ4n) is 2.05. The van der Waals surface area contributed by atoms with Gasteiger partial charge in [-0.25, -0.2) is 4.98 Å². The number of carbonyl (C=O) groups excluding carboxylic acids is 1. The zero-order chi connectivity index (χ0) is 17.8. The standard InChI is InChI=1S/C17H14BrClN4OS/c1-10-2-4-11(5-3-10)16-21-17(23-22-16)25-9-15(24)20-12-6-7-13(18)14(19)8-12/h2-8H,9H2,1H3,(H,20,24)(H,21,22,23). The number of hydrogen-bond donors (Lipinski definition) is 2. The largest absolute Gasteiger partial charge is 0.325 e. The molecule has 0 radical (unpaired) electrons. The van der Waals surface area contributed by atoms with Gasteiger partial charge >= 0.3 is 0 Å². The molecule has 1 amide bonds. The number of thioether (sulfide) groups is 1. The molecule has 0 fully saturated rings. The van der Waals surface area contributed by atoms with Gasteiger partial charge in [0.15, 0.2) is 5.82 Å². The number of nitrogens with zero attached hydrogens (tertiary/aromatic N) is 2. The predicted molar refractivity (Wildman–Crippen MR) is 105 cm³/mol. The molecule has 0 bridgehead atoms. The lowest BCUT2D eigenvalue weighted by atomic mass is 10.1. The molecule has 128 valence electrons. The topological polar surface area (TPSA) is 70.7 Å². The normalized spacial score (nSPS) is 10.7. The van der Waals surface area contributed by atoms with E-state index in [0.29, 0.717) is 21.7 Å². The molecule has 0 saturated heterocycles. The summed E-state index contributed by atoms with van der Waals surface area (Å²) in [6.45, 7) is 2.03. The van der Waals surface area contributed by atoms with Gasteiger partial charge in [-0.3, -0.25) is 9.89 Å². The van der Waals surface area contributed by atoms with Crippen LogP contribution in [0.15, 0.2) is 52.1 Å². The predicted octanol–water partition coefficient (Wildman–Crippen LogP) is 4.93. The number of aryl methyl sites for hydroxylation is 1. The highest BCUT2D eigenvalue weighted by Gasteiger charge is 2.10. The van der Waals surface area contributed by atoms with Gasteiger partial charge < -0.3 is 5.32 Å². The van der Waals surface area contributed by atoms with Crippen molar-refractivity contribution in [1.82, 2.24) is 15.2 Å². The highest BCUT2D eigenvalue weighted by Crippen LogP contribution is 2.26. The number of hydrogen-bond acceptors (Lipinski definition) is 4. The molecule has 3 rings (SSSR count). The van der Waals surface area contributed by atoms with Crippen LogP contribution >= 0.6 is 39.3 Å².